The number of hydrogen-bond acceptors (Lipinski definition) is 4. The number of ether oxygens (including phenoxy) is 2. The number of piperazine rings is 1. The molecule has 0 bridgehead atoms. The molecule has 0 radical (unpaired) electrons. The van der Waals surface area contributed by atoms with Crippen molar-refractivity contribution in [1.82, 2.24) is 9.80 Å². The minimum atomic E-state index is -4.74. The third kappa shape index (κ3) is 7.84. The van der Waals surface area contributed by atoms with Crippen LogP contribution >= 0.6 is 24.8 Å². The second-order valence-corrected chi connectivity index (χ2v) is 10.6. The van der Waals surface area contributed by atoms with Gasteiger partial charge in [-0.1, -0.05) is 60.7 Å². The summed E-state index contributed by atoms with van der Waals surface area (Å²) in [5.41, 5.74) is 3.27. The van der Waals surface area contributed by atoms with Crippen LogP contribution in [0.3, 0.4) is 0 Å². The van der Waals surface area contributed by atoms with Gasteiger partial charge < -0.3 is 9.47 Å². The smallest absolute Gasteiger partial charge is 0.491 e. The summed E-state index contributed by atoms with van der Waals surface area (Å²) in [7, 11) is 0. The van der Waals surface area contributed by atoms with Gasteiger partial charge in [-0.05, 0) is 62.6 Å². The topological polar surface area (TPSA) is 24.9 Å². The first-order valence-electron chi connectivity index (χ1n) is 13.4. The van der Waals surface area contributed by atoms with Gasteiger partial charge in [0.05, 0.1) is 6.10 Å². The van der Waals surface area contributed by atoms with Crippen molar-refractivity contribution in [3.05, 3.63) is 95.6 Å². The van der Waals surface area contributed by atoms with Crippen molar-refractivity contribution in [3.63, 3.8) is 0 Å². The molecule has 2 aliphatic rings. The molecule has 9 heteroatoms. The maximum atomic E-state index is 13.0. The lowest BCUT2D eigenvalue weighted by Gasteiger charge is -2.47. The van der Waals surface area contributed by atoms with Crippen molar-refractivity contribution in [3.8, 4) is 11.5 Å². The quantitative estimate of drug-likeness (QED) is 0.266. The molecule has 40 heavy (non-hydrogen) atoms. The molecule has 2 aliphatic heterocycles. The van der Waals surface area contributed by atoms with E-state index in [0.29, 0.717) is 23.9 Å². The molecule has 0 aromatic heterocycles. The molecule has 2 atom stereocenters. The minimum absolute atomic E-state index is 0. The number of alkyl halides is 3. The van der Waals surface area contributed by atoms with Crippen LogP contribution in [0.15, 0.2) is 78.9 Å². The normalized spacial score (nSPS) is 19.6. The van der Waals surface area contributed by atoms with E-state index in [-0.39, 0.29) is 48.6 Å². The van der Waals surface area contributed by atoms with Crippen LogP contribution in [0.2, 0.25) is 0 Å². The Bertz CT molecular complexity index is 1160. The number of hydrogen-bond donors (Lipinski definition) is 0. The molecule has 2 heterocycles. The molecule has 218 valence electrons. The van der Waals surface area contributed by atoms with Crippen LogP contribution in [0.25, 0.3) is 0 Å². The first-order chi connectivity index (χ1) is 18.3. The lowest BCUT2D eigenvalue weighted by Crippen LogP contribution is -2.57. The van der Waals surface area contributed by atoms with Crippen LogP contribution in [-0.4, -0.2) is 54.0 Å². The average Bonchev–Trinajstić information content (AvgIpc) is 3.35. The predicted octanol–water partition coefficient (Wildman–Crippen LogP) is 7.70. The Balaban J connectivity index is 0.00000220. The number of nitrogens with zero attached hydrogens (tertiary/aromatic N) is 2. The first kappa shape index (κ1) is 32.1. The molecule has 5 rings (SSSR count). The van der Waals surface area contributed by atoms with Crippen molar-refractivity contribution >= 4 is 24.8 Å². The highest BCUT2D eigenvalue weighted by atomic mass is 35.5. The monoisotopic (exact) mass is 596 g/mol. The van der Waals surface area contributed by atoms with Crippen molar-refractivity contribution in [2.75, 3.05) is 19.6 Å². The minimum Gasteiger partial charge on any atom is -0.491 e. The van der Waals surface area contributed by atoms with E-state index in [9.17, 15) is 13.2 Å². The van der Waals surface area contributed by atoms with E-state index in [1.807, 2.05) is 26.0 Å². The third-order valence-electron chi connectivity index (χ3n) is 7.49. The van der Waals surface area contributed by atoms with Gasteiger partial charge in [-0.3, -0.25) is 9.80 Å². The summed E-state index contributed by atoms with van der Waals surface area (Å²) in [5.74, 6) is 0.570. The number of halogens is 5. The van der Waals surface area contributed by atoms with E-state index < -0.39 is 6.36 Å². The lowest BCUT2D eigenvalue weighted by atomic mass is 9.82. The summed E-state index contributed by atoms with van der Waals surface area (Å²) < 4.78 is 49.2. The number of rotatable bonds is 8. The van der Waals surface area contributed by atoms with Gasteiger partial charge in [0, 0.05) is 43.2 Å². The first-order valence-corrected chi connectivity index (χ1v) is 13.4. The fourth-order valence-electron chi connectivity index (χ4n) is 6.10. The van der Waals surface area contributed by atoms with Crippen molar-refractivity contribution in [2.24, 2.45) is 0 Å². The summed E-state index contributed by atoms with van der Waals surface area (Å²) in [4.78, 5) is 5.05. The molecule has 0 saturated carbocycles. The zero-order valence-corrected chi connectivity index (χ0v) is 24.4. The van der Waals surface area contributed by atoms with Gasteiger partial charge in [-0.15, -0.1) is 38.0 Å². The summed E-state index contributed by atoms with van der Waals surface area (Å²) in [6, 6.07) is 26.3. The van der Waals surface area contributed by atoms with Gasteiger partial charge in [0.15, 0.2) is 0 Å². The zero-order chi connectivity index (χ0) is 26.7. The second kappa shape index (κ2) is 13.9. The van der Waals surface area contributed by atoms with Crippen LogP contribution in [0.5, 0.6) is 11.5 Å². The molecule has 0 spiro atoms. The molecule has 0 unspecified atom stereocenters. The van der Waals surface area contributed by atoms with Crippen LogP contribution in [0.4, 0.5) is 13.2 Å². The molecule has 0 N–H and O–H groups in total. The van der Waals surface area contributed by atoms with E-state index in [0.717, 1.165) is 32.5 Å². The highest BCUT2D eigenvalue weighted by molar-refractivity contribution is 5.85. The Morgan fingerprint density at radius 1 is 0.875 bits per heavy atom. The summed E-state index contributed by atoms with van der Waals surface area (Å²) in [6.45, 7) is 7.07. The molecule has 0 aliphatic carbocycles. The van der Waals surface area contributed by atoms with E-state index >= 15 is 0 Å². The van der Waals surface area contributed by atoms with Crippen LogP contribution < -0.4 is 9.47 Å². The average molecular weight is 598 g/mol. The van der Waals surface area contributed by atoms with Crippen molar-refractivity contribution in [2.45, 2.75) is 63.7 Å². The van der Waals surface area contributed by atoms with Crippen LogP contribution in [-0.2, 0) is 6.54 Å². The Hall–Kier alpha value is -2.45. The van der Waals surface area contributed by atoms with E-state index in [4.69, 9.17) is 4.74 Å². The van der Waals surface area contributed by atoms with Gasteiger partial charge in [0.25, 0.3) is 0 Å². The van der Waals surface area contributed by atoms with Gasteiger partial charge in [-0.2, -0.15) is 0 Å². The Morgan fingerprint density at radius 3 is 2.08 bits per heavy atom. The molecule has 2 fully saturated rings. The maximum absolute atomic E-state index is 13.0. The Kier molecular flexibility index (Phi) is 11.2. The van der Waals surface area contributed by atoms with E-state index in [1.165, 1.54) is 23.3 Å². The fraction of sp³-hybridized carbons (Fsp3) is 0.419. The highest BCUT2D eigenvalue weighted by Gasteiger charge is 2.42. The van der Waals surface area contributed by atoms with Crippen molar-refractivity contribution in [1.29, 1.82) is 0 Å². The lowest BCUT2D eigenvalue weighted by molar-refractivity contribution is -0.274. The predicted molar refractivity (Wildman–Crippen MR) is 157 cm³/mol. The third-order valence-corrected chi connectivity index (χ3v) is 7.49. The molecule has 0 amide bonds. The summed E-state index contributed by atoms with van der Waals surface area (Å²) in [5, 5.41) is 0. The zero-order valence-electron chi connectivity index (χ0n) is 22.7. The fourth-order valence-corrected chi connectivity index (χ4v) is 6.10. The SMILES string of the molecule is CC(C)Oc1ccc(OC(F)(F)F)cc1CN1C[C@@H]2CCCN2[C@H](C(c2ccccc2)c2ccccc2)C1.Cl.Cl. The molecule has 3 aromatic carbocycles. The van der Waals surface area contributed by atoms with Gasteiger partial charge >= 0.3 is 6.36 Å². The van der Waals surface area contributed by atoms with E-state index in [2.05, 4.69) is 63.1 Å². The summed E-state index contributed by atoms with van der Waals surface area (Å²) in [6.07, 6.45) is -2.56. The molecule has 2 saturated heterocycles. The maximum Gasteiger partial charge on any atom is 0.573 e. The second-order valence-electron chi connectivity index (χ2n) is 10.6. The molecule has 3 aromatic rings. The van der Waals surface area contributed by atoms with E-state index in [1.54, 1.807) is 6.07 Å². The largest absolute Gasteiger partial charge is 0.573 e. The van der Waals surface area contributed by atoms with Gasteiger partial charge in [-0.25, -0.2) is 0 Å². The molecular formula is C31H37Cl2F3N2O2. The van der Waals surface area contributed by atoms with Crippen LogP contribution in [0.1, 0.15) is 49.3 Å². The standard InChI is InChI=1S/C31H35F3N2O2.2ClH/c1-22(2)37-29-16-15-27(38-31(32,33)34)18-25(29)19-35-20-26-14-9-17-36(26)28(21-35)30(23-10-5-3-6-11-23)24-12-7-4-8-13-24;;/h3-8,10-13,15-16,18,22,26,28,30H,9,14,17,19-21H2,1-2H3;2*1H/t26-,28-;;/m0../s1. The Labute approximate surface area is 247 Å². The van der Waals surface area contributed by atoms with Crippen molar-refractivity contribution < 1.29 is 22.6 Å². The van der Waals surface area contributed by atoms with Gasteiger partial charge in [0.2, 0.25) is 0 Å². The number of benzene rings is 3. The molecular weight excluding hydrogens is 560 g/mol. The number of fused-ring (bicyclic) bond motifs is 1. The van der Waals surface area contributed by atoms with Crippen LogP contribution in [0, 0.1) is 0 Å². The van der Waals surface area contributed by atoms with Gasteiger partial charge in [0.1, 0.15) is 11.5 Å². The molecule has 4 nitrogen and oxygen atoms in total. The highest BCUT2D eigenvalue weighted by Crippen LogP contribution is 2.39. The summed E-state index contributed by atoms with van der Waals surface area (Å²) >= 11 is 0. The Morgan fingerprint density at radius 2 is 1.50 bits per heavy atom.